The van der Waals surface area contributed by atoms with E-state index in [1.54, 1.807) is 17.0 Å². The Labute approximate surface area is 106 Å². The fourth-order valence-corrected chi connectivity index (χ4v) is 1.83. The fraction of sp³-hybridized carbons (Fsp3) is 0.583. The third-order valence-corrected chi connectivity index (χ3v) is 2.75. The van der Waals surface area contributed by atoms with Gasteiger partial charge in [0.05, 0.1) is 6.61 Å². The molecule has 6 heteroatoms. The molecule has 1 amide bonds. The van der Waals surface area contributed by atoms with Crippen LogP contribution in [-0.4, -0.2) is 53.9 Å². The summed E-state index contributed by atoms with van der Waals surface area (Å²) < 4.78 is 5.32. The zero-order valence-corrected chi connectivity index (χ0v) is 10.6. The molecule has 1 aromatic rings. The Balaban J connectivity index is 2.02. The van der Waals surface area contributed by atoms with Gasteiger partial charge in [0.25, 0.3) is 5.91 Å². The first-order chi connectivity index (χ1) is 8.81. The van der Waals surface area contributed by atoms with Crippen LogP contribution in [0.5, 0.6) is 0 Å². The number of amides is 1. The van der Waals surface area contributed by atoms with E-state index in [1.807, 2.05) is 6.92 Å². The standard InChI is InChI=1S/C12H18N4O2/c1-2-13-11-5-4-10(14-15-11)12(17)16-6-3-8-18-9-7-16/h4-5H,2-3,6-9H2,1H3,(H,13,15). The van der Waals surface area contributed by atoms with Crippen molar-refractivity contribution in [2.24, 2.45) is 0 Å². The SMILES string of the molecule is CCNc1ccc(C(=O)N2CCCOCC2)nn1. The van der Waals surface area contributed by atoms with Gasteiger partial charge >= 0.3 is 0 Å². The average Bonchev–Trinajstić information content (AvgIpc) is 2.68. The molecule has 0 aliphatic carbocycles. The van der Waals surface area contributed by atoms with E-state index in [-0.39, 0.29) is 5.91 Å². The molecule has 1 N–H and O–H groups in total. The molecule has 6 nitrogen and oxygen atoms in total. The fourth-order valence-electron chi connectivity index (χ4n) is 1.83. The highest BCUT2D eigenvalue weighted by molar-refractivity contribution is 5.92. The second-order valence-electron chi connectivity index (χ2n) is 4.09. The van der Waals surface area contributed by atoms with Gasteiger partial charge in [-0.05, 0) is 25.5 Å². The van der Waals surface area contributed by atoms with Crippen molar-refractivity contribution in [3.05, 3.63) is 17.8 Å². The molecule has 1 fully saturated rings. The summed E-state index contributed by atoms with van der Waals surface area (Å²) in [4.78, 5) is 13.9. The van der Waals surface area contributed by atoms with Gasteiger partial charge in [0.1, 0.15) is 5.82 Å². The molecule has 1 saturated heterocycles. The lowest BCUT2D eigenvalue weighted by Crippen LogP contribution is -2.33. The molecule has 0 aromatic carbocycles. The molecule has 0 saturated carbocycles. The van der Waals surface area contributed by atoms with E-state index in [0.717, 1.165) is 26.1 Å². The molecule has 0 bridgehead atoms. The van der Waals surface area contributed by atoms with E-state index in [9.17, 15) is 4.79 Å². The molecule has 2 heterocycles. The summed E-state index contributed by atoms with van der Waals surface area (Å²) in [5.41, 5.74) is 0.388. The Kier molecular flexibility index (Phi) is 4.46. The van der Waals surface area contributed by atoms with Gasteiger partial charge in [-0.25, -0.2) is 0 Å². The van der Waals surface area contributed by atoms with Crippen LogP contribution in [-0.2, 0) is 4.74 Å². The molecular weight excluding hydrogens is 232 g/mol. The maximum atomic E-state index is 12.2. The van der Waals surface area contributed by atoms with Crippen molar-refractivity contribution in [1.29, 1.82) is 0 Å². The van der Waals surface area contributed by atoms with Gasteiger partial charge in [-0.15, -0.1) is 10.2 Å². The van der Waals surface area contributed by atoms with Crippen LogP contribution in [0.4, 0.5) is 5.82 Å². The van der Waals surface area contributed by atoms with Gasteiger partial charge in [-0.3, -0.25) is 4.79 Å². The number of nitrogens with zero attached hydrogens (tertiary/aromatic N) is 3. The maximum Gasteiger partial charge on any atom is 0.274 e. The first kappa shape index (κ1) is 12.8. The summed E-state index contributed by atoms with van der Waals surface area (Å²) >= 11 is 0. The first-order valence-corrected chi connectivity index (χ1v) is 6.26. The number of anilines is 1. The molecular formula is C12H18N4O2. The molecule has 0 unspecified atom stereocenters. The number of aromatic nitrogens is 2. The molecule has 18 heavy (non-hydrogen) atoms. The van der Waals surface area contributed by atoms with Crippen molar-refractivity contribution >= 4 is 11.7 Å². The van der Waals surface area contributed by atoms with Crippen LogP contribution in [0.25, 0.3) is 0 Å². The van der Waals surface area contributed by atoms with Crippen LogP contribution in [0.15, 0.2) is 12.1 Å². The predicted molar refractivity (Wildman–Crippen MR) is 67.5 cm³/mol. The highest BCUT2D eigenvalue weighted by Gasteiger charge is 2.18. The Bertz CT molecular complexity index is 386. The van der Waals surface area contributed by atoms with Gasteiger partial charge < -0.3 is 15.0 Å². The van der Waals surface area contributed by atoms with Crippen LogP contribution < -0.4 is 5.32 Å². The highest BCUT2D eigenvalue weighted by Crippen LogP contribution is 2.07. The van der Waals surface area contributed by atoms with Gasteiger partial charge in [0.15, 0.2) is 5.69 Å². The number of carbonyl (C=O) groups is 1. The minimum atomic E-state index is -0.0731. The number of carbonyl (C=O) groups excluding carboxylic acids is 1. The van der Waals surface area contributed by atoms with E-state index in [2.05, 4.69) is 15.5 Å². The van der Waals surface area contributed by atoms with E-state index < -0.39 is 0 Å². The molecule has 0 atom stereocenters. The third-order valence-electron chi connectivity index (χ3n) is 2.75. The van der Waals surface area contributed by atoms with E-state index >= 15 is 0 Å². The lowest BCUT2D eigenvalue weighted by molar-refractivity contribution is 0.0734. The smallest absolute Gasteiger partial charge is 0.274 e. The summed E-state index contributed by atoms with van der Waals surface area (Å²) in [7, 11) is 0. The number of nitrogens with one attached hydrogen (secondary N) is 1. The van der Waals surface area contributed by atoms with Crippen molar-refractivity contribution in [3.63, 3.8) is 0 Å². The van der Waals surface area contributed by atoms with Crippen LogP contribution in [0.2, 0.25) is 0 Å². The third kappa shape index (κ3) is 3.16. The molecule has 2 rings (SSSR count). The number of hydrogen-bond acceptors (Lipinski definition) is 5. The Hall–Kier alpha value is -1.69. The highest BCUT2D eigenvalue weighted by atomic mass is 16.5. The molecule has 1 aliphatic heterocycles. The molecule has 1 aliphatic rings. The maximum absolute atomic E-state index is 12.2. The number of rotatable bonds is 3. The number of hydrogen-bond donors (Lipinski definition) is 1. The Morgan fingerprint density at radius 3 is 3.00 bits per heavy atom. The molecule has 0 radical (unpaired) electrons. The van der Waals surface area contributed by atoms with Crippen LogP contribution in [0.3, 0.4) is 0 Å². The van der Waals surface area contributed by atoms with Crippen LogP contribution in [0, 0.1) is 0 Å². The zero-order valence-electron chi connectivity index (χ0n) is 10.6. The van der Waals surface area contributed by atoms with E-state index in [1.165, 1.54) is 0 Å². The van der Waals surface area contributed by atoms with Crippen LogP contribution in [0.1, 0.15) is 23.8 Å². The van der Waals surface area contributed by atoms with Crippen molar-refractivity contribution in [3.8, 4) is 0 Å². The van der Waals surface area contributed by atoms with Gasteiger partial charge in [-0.1, -0.05) is 0 Å². The monoisotopic (exact) mass is 250 g/mol. The van der Waals surface area contributed by atoms with E-state index in [4.69, 9.17) is 4.74 Å². The Morgan fingerprint density at radius 1 is 1.39 bits per heavy atom. The number of ether oxygens (including phenoxy) is 1. The molecule has 98 valence electrons. The largest absolute Gasteiger partial charge is 0.380 e. The molecule has 0 spiro atoms. The first-order valence-electron chi connectivity index (χ1n) is 6.26. The topological polar surface area (TPSA) is 67.4 Å². The second kappa shape index (κ2) is 6.30. The van der Waals surface area contributed by atoms with Crippen molar-refractivity contribution in [1.82, 2.24) is 15.1 Å². The molecule has 1 aromatic heterocycles. The summed E-state index contributed by atoms with van der Waals surface area (Å²) in [6.45, 7) is 5.41. The van der Waals surface area contributed by atoms with Gasteiger partial charge in [0.2, 0.25) is 0 Å². The van der Waals surface area contributed by atoms with Crippen molar-refractivity contribution in [2.75, 3.05) is 38.2 Å². The summed E-state index contributed by atoms with van der Waals surface area (Å²) in [5.74, 6) is 0.615. The normalized spacial score (nSPS) is 16.2. The summed E-state index contributed by atoms with van der Waals surface area (Å²) in [5, 5.41) is 11.0. The zero-order chi connectivity index (χ0) is 12.8. The quantitative estimate of drug-likeness (QED) is 0.858. The van der Waals surface area contributed by atoms with Gasteiger partial charge in [-0.2, -0.15) is 0 Å². The summed E-state index contributed by atoms with van der Waals surface area (Å²) in [6.07, 6.45) is 0.870. The van der Waals surface area contributed by atoms with Crippen LogP contribution >= 0.6 is 0 Å². The summed E-state index contributed by atoms with van der Waals surface area (Å²) in [6, 6.07) is 3.48. The minimum absolute atomic E-state index is 0.0731. The van der Waals surface area contributed by atoms with Gasteiger partial charge in [0, 0.05) is 26.2 Å². The lowest BCUT2D eigenvalue weighted by Gasteiger charge is -2.18. The Morgan fingerprint density at radius 2 is 2.28 bits per heavy atom. The minimum Gasteiger partial charge on any atom is -0.380 e. The van der Waals surface area contributed by atoms with Crippen molar-refractivity contribution < 1.29 is 9.53 Å². The van der Waals surface area contributed by atoms with Crippen molar-refractivity contribution in [2.45, 2.75) is 13.3 Å². The average molecular weight is 250 g/mol. The van der Waals surface area contributed by atoms with E-state index in [0.29, 0.717) is 24.7 Å². The second-order valence-corrected chi connectivity index (χ2v) is 4.09. The lowest BCUT2D eigenvalue weighted by atomic mass is 10.3. The predicted octanol–water partition coefficient (Wildman–Crippen LogP) is 0.771.